The Bertz CT molecular complexity index is 965. The Kier molecular flexibility index (Phi) is 10.3. The number of carbonyl (C=O) groups is 2. The first-order valence-corrected chi connectivity index (χ1v) is 11.5. The Balaban J connectivity index is 0.000000271. The number of nitrogens with zero attached hydrogens (tertiary/aromatic N) is 3. The van der Waals surface area contributed by atoms with Gasteiger partial charge in [-0.05, 0) is 41.1 Å². The van der Waals surface area contributed by atoms with E-state index in [0.29, 0.717) is 5.92 Å². The highest BCUT2D eigenvalue weighted by Gasteiger charge is 2.39. The lowest BCUT2D eigenvalue weighted by atomic mass is 9.96. The van der Waals surface area contributed by atoms with Crippen LogP contribution >= 0.6 is 11.3 Å². The lowest BCUT2D eigenvalue weighted by Crippen LogP contribution is -2.35. The molecule has 202 valence electrons. The third kappa shape index (κ3) is 9.78. The topological polar surface area (TPSA) is 105 Å². The van der Waals surface area contributed by atoms with Crippen LogP contribution in [0.4, 0.5) is 26.3 Å². The van der Waals surface area contributed by atoms with Gasteiger partial charge < -0.3 is 14.9 Å². The zero-order valence-electron chi connectivity index (χ0n) is 19.1. The lowest BCUT2D eigenvalue weighted by molar-refractivity contribution is -0.193. The second-order valence-electron chi connectivity index (χ2n) is 8.26. The van der Waals surface area contributed by atoms with Gasteiger partial charge in [-0.1, -0.05) is 0 Å². The van der Waals surface area contributed by atoms with Crippen LogP contribution in [0.15, 0.2) is 23.0 Å². The molecule has 1 aliphatic heterocycles. The summed E-state index contributed by atoms with van der Waals surface area (Å²) in [4.78, 5) is 20.3. The zero-order valence-corrected chi connectivity index (χ0v) is 19.9. The molecule has 0 saturated heterocycles. The van der Waals surface area contributed by atoms with Gasteiger partial charge in [-0.3, -0.25) is 9.58 Å². The van der Waals surface area contributed by atoms with Gasteiger partial charge in [0, 0.05) is 50.5 Å². The fourth-order valence-electron chi connectivity index (χ4n) is 3.40. The van der Waals surface area contributed by atoms with Crippen LogP contribution in [0.1, 0.15) is 35.6 Å². The van der Waals surface area contributed by atoms with Crippen LogP contribution in [-0.4, -0.2) is 68.9 Å². The van der Waals surface area contributed by atoms with Crippen LogP contribution in [0.2, 0.25) is 0 Å². The highest BCUT2D eigenvalue weighted by atomic mass is 32.1. The van der Waals surface area contributed by atoms with Gasteiger partial charge in [0.2, 0.25) is 0 Å². The van der Waals surface area contributed by atoms with Gasteiger partial charge in [0.25, 0.3) is 0 Å². The van der Waals surface area contributed by atoms with E-state index in [0.717, 1.165) is 38.8 Å². The van der Waals surface area contributed by atoms with Crippen molar-refractivity contribution in [2.45, 2.75) is 44.2 Å². The third-order valence-corrected chi connectivity index (χ3v) is 5.90. The van der Waals surface area contributed by atoms with Crippen molar-refractivity contribution in [2.75, 3.05) is 19.8 Å². The molecule has 1 atom stereocenters. The van der Waals surface area contributed by atoms with E-state index < -0.39 is 24.3 Å². The summed E-state index contributed by atoms with van der Waals surface area (Å²) in [6, 6.07) is 2.22. The number of aryl methyl sites for hydroxylation is 1. The van der Waals surface area contributed by atoms with Crippen LogP contribution in [-0.2, 0) is 34.5 Å². The summed E-state index contributed by atoms with van der Waals surface area (Å²) >= 11 is 1.77. The summed E-state index contributed by atoms with van der Waals surface area (Å²) in [7, 11) is 2.06. The Morgan fingerprint density at radius 3 is 2.17 bits per heavy atom. The number of carboxylic acids is 2. The van der Waals surface area contributed by atoms with Crippen LogP contribution in [0.3, 0.4) is 0 Å². The quantitative estimate of drug-likeness (QED) is 0.523. The first-order valence-electron chi connectivity index (χ1n) is 10.6. The third-order valence-electron chi connectivity index (χ3n) is 5.16. The molecule has 0 radical (unpaired) electrons. The predicted molar refractivity (Wildman–Crippen MR) is 115 cm³/mol. The van der Waals surface area contributed by atoms with Gasteiger partial charge in [-0.15, -0.1) is 0 Å². The van der Waals surface area contributed by atoms with Gasteiger partial charge in [0.05, 0.1) is 12.8 Å². The minimum absolute atomic E-state index is 0.439. The molecular weight excluding hydrogens is 520 g/mol. The van der Waals surface area contributed by atoms with Crippen molar-refractivity contribution in [2.24, 2.45) is 13.0 Å². The number of hydrogen-bond acceptors (Lipinski definition) is 6. The Labute approximate surface area is 206 Å². The van der Waals surface area contributed by atoms with Gasteiger partial charge in [0.1, 0.15) is 0 Å². The summed E-state index contributed by atoms with van der Waals surface area (Å²) in [5, 5.41) is 23.1. The molecule has 2 aliphatic rings. The number of carboxylic acid groups (broad SMARTS) is 2. The standard InChI is InChI=1S/C17H23N3OS.2C2HF3O2/c1-19-17-15(6-18-19)8-20(7-14-4-5-22-12-14)9-16(17)11-21-10-13-2-3-13;2*3-2(4,5)1(6)7/h4-6,12-13,16H,2-3,7-11H2,1H3;2*(H,6,7). The highest BCUT2D eigenvalue weighted by molar-refractivity contribution is 7.07. The highest BCUT2D eigenvalue weighted by Crippen LogP contribution is 2.32. The number of aromatic nitrogens is 2. The molecule has 1 fully saturated rings. The molecule has 3 heterocycles. The first kappa shape index (κ1) is 29.6. The monoisotopic (exact) mass is 545 g/mol. The fourth-order valence-corrected chi connectivity index (χ4v) is 4.06. The molecular formula is C21H25F6N3O5S. The molecule has 8 nitrogen and oxygen atoms in total. The number of alkyl halides is 6. The first-order chi connectivity index (χ1) is 16.7. The van der Waals surface area contributed by atoms with E-state index in [2.05, 4.69) is 33.9 Å². The van der Waals surface area contributed by atoms with Crippen LogP contribution < -0.4 is 0 Å². The van der Waals surface area contributed by atoms with Crippen molar-refractivity contribution in [3.05, 3.63) is 39.8 Å². The second kappa shape index (κ2) is 12.5. The van der Waals surface area contributed by atoms with Gasteiger partial charge >= 0.3 is 24.3 Å². The van der Waals surface area contributed by atoms with E-state index in [9.17, 15) is 26.3 Å². The van der Waals surface area contributed by atoms with E-state index in [1.165, 1.54) is 29.7 Å². The second-order valence-corrected chi connectivity index (χ2v) is 9.04. The average Bonchev–Trinajstić information content (AvgIpc) is 3.30. The Hall–Kier alpha value is -2.65. The molecule has 0 amide bonds. The maximum atomic E-state index is 10.6. The van der Waals surface area contributed by atoms with Crippen molar-refractivity contribution in [3.8, 4) is 0 Å². The van der Waals surface area contributed by atoms with Crippen molar-refractivity contribution in [1.82, 2.24) is 14.7 Å². The number of thiophene rings is 1. The smallest absolute Gasteiger partial charge is 0.475 e. The SMILES string of the molecule is Cn1ncc2c1C(COCC1CC1)CN(Cc1ccsc1)C2.O=C(O)C(F)(F)F.O=C(O)C(F)(F)F. The molecule has 36 heavy (non-hydrogen) atoms. The summed E-state index contributed by atoms with van der Waals surface area (Å²) in [5.74, 6) is -4.25. The molecule has 4 rings (SSSR count). The number of hydrogen-bond donors (Lipinski definition) is 2. The maximum Gasteiger partial charge on any atom is 0.490 e. The molecule has 0 aromatic carbocycles. The molecule has 2 aromatic heterocycles. The summed E-state index contributed by atoms with van der Waals surface area (Å²) < 4.78 is 71.5. The molecule has 1 unspecified atom stereocenters. The van der Waals surface area contributed by atoms with E-state index in [1.54, 1.807) is 11.3 Å². The maximum absolute atomic E-state index is 10.6. The van der Waals surface area contributed by atoms with Gasteiger partial charge in [-0.2, -0.15) is 42.8 Å². The lowest BCUT2D eigenvalue weighted by Gasteiger charge is -2.33. The molecule has 2 N–H and O–H groups in total. The van der Waals surface area contributed by atoms with E-state index >= 15 is 0 Å². The molecule has 2 aromatic rings. The van der Waals surface area contributed by atoms with E-state index in [1.807, 2.05) is 10.9 Å². The van der Waals surface area contributed by atoms with E-state index in [4.69, 9.17) is 24.5 Å². The number of ether oxygens (including phenoxy) is 1. The molecule has 15 heteroatoms. The normalized spacial score (nSPS) is 17.8. The fraction of sp³-hybridized carbons (Fsp3) is 0.571. The minimum Gasteiger partial charge on any atom is -0.475 e. The van der Waals surface area contributed by atoms with Crippen LogP contribution in [0, 0.1) is 5.92 Å². The van der Waals surface area contributed by atoms with Crippen LogP contribution in [0.25, 0.3) is 0 Å². The largest absolute Gasteiger partial charge is 0.490 e. The number of aliphatic carboxylic acids is 2. The summed E-state index contributed by atoms with van der Waals surface area (Å²) in [6.07, 6.45) is -5.43. The average molecular weight is 546 g/mol. The molecule has 1 aliphatic carbocycles. The predicted octanol–water partition coefficient (Wildman–Crippen LogP) is 4.27. The van der Waals surface area contributed by atoms with Crippen LogP contribution in [0.5, 0.6) is 0 Å². The minimum atomic E-state index is -5.08. The summed E-state index contributed by atoms with van der Waals surface area (Å²) in [6.45, 7) is 4.85. The Morgan fingerprint density at radius 2 is 1.69 bits per heavy atom. The van der Waals surface area contributed by atoms with E-state index in [-0.39, 0.29) is 0 Å². The van der Waals surface area contributed by atoms with Crippen molar-refractivity contribution in [1.29, 1.82) is 0 Å². The zero-order chi connectivity index (χ0) is 27.1. The molecule has 0 bridgehead atoms. The van der Waals surface area contributed by atoms with Crippen molar-refractivity contribution >= 4 is 23.3 Å². The number of halogens is 6. The number of fused-ring (bicyclic) bond motifs is 1. The van der Waals surface area contributed by atoms with Crippen molar-refractivity contribution in [3.63, 3.8) is 0 Å². The number of rotatable bonds is 6. The molecule has 1 saturated carbocycles. The van der Waals surface area contributed by atoms with Gasteiger partial charge in [0.15, 0.2) is 0 Å². The van der Waals surface area contributed by atoms with Crippen molar-refractivity contribution < 1.29 is 50.9 Å². The summed E-state index contributed by atoms with van der Waals surface area (Å²) in [5.41, 5.74) is 4.15. The Morgan fingerprint density at radius 1 is 1.11 bits per heavy atom. The molecule has 0 spiro atoms. The van der Waals surface area contributed by atoms with Gasteiger partial charge in [-0.25, -0.2) is 9.59 Å².